The minimum absolute atomic E-state index is 0.0268. The van der Waals surface area contributed by atoms with Crippen LogP contribution < -0.4 is 0 Å². The van der Waals surface area contributed by atoms with E-state index in [2.05, 4.69) is 0 Å². The van der Waals surface area contributed by atoms with E-state index in [4.69, 9.17) is 9.05 Å². The molecule has 0 aromatic heterocycles. The van der Waals surface area contributed by atoms with E-state index in [0.717, 1.165) is 6.42 Å². The van der Waals surface area contributed by atoms with Crippen molar-refractivity contribution < 1.29 is 23.6 Å². The van der Waals surface area contributed by atoms with Crippen LogP contribution in [0.1, 0.15) is 30.9 Å². The fourth-order valence-electron chi connectivity index (χ4n) is 1.32. The highest BCUT2D eigenvalue weighted by Gasteiger charge is 2.20. The van der Waals surface area contributed by atoms with E-state index in [9.17, 15) is 14.6 Å². The predicted octanol–water partition coefficient (Wildman–Crippen LogP) is 3.13. The number of hydrogen-bond acceptors (Lipinski definition) is 4. The van der Waals surface area contributed by atoms with Gasteiger partial charge in [-0.15, -0.1) is 0 Å². The molecule has 0 spiro atoms. The van der Waals surface area contributed by atoms with Crippen LogP contribution in [0.3, 0.4) is 0 Å². The van der Waals surface area contributed by atoms with Gasteiger partial charge in [-0.1, -0.05) is 25.5 Å². The molecule has 1 rings (SSSR count). The number of aromatic hydroxyl groups is 1. The molecule has 18 heavy (non-hydrogen) atoms. The summed E-state index contributed by atoms with van der Waals surface area (Å²) < 4.78 is 21.1. The number of rotatable bonds is 7. The van der Waals surface area contributed by atoms with Crippen LogP contribution in [0, 0.1) is 6.92 Å². The SMILES string of the molecule is CCCCOP(=O)(O)OCc1ccc(O)c(C)c1. The lowest BCUT2D eigenvalue weighted by atomic mass is 10.1. The maximum Gasteiger partial charge on any atom is 0.472 e. The highest BCUT2D eigenvalue weighted by atomic mass is 31.2. The Morgan fingerprint density at radius 1 is 1.33 bits per heavy atom. The molecule has 0 saturated carbocycles. The van der Waals surface area contributed by atoms with Crippen molar-refractivity contribution in [3.63, 3.8) is 0 Å². The normalized spacial score (nSPS) is 14.4. The van der Waals surface area contributed by atoms with Crippen LogP contribution in [0.4, 0.5) is 0 Å². The van der Waals surface area contributed by atoms with Crippen LogP contribution in [-0.4, -0.2) is 16.6 Å². The summed E-state index contributed by atoms with van der Waals surface area (Å²) in [5.74, 6) is 0.185. The number of aryl methyl sites for hydroxylation is 1. The van der Waals surface area contributed by atoms with Gasteiger partial charge in [0.05, 0.1) is 13.2 Å². The first-order valence-electron chi connectivity index (χ1n) is 5.85. The number of phosphoric acid groups is 1. The van der Waals surface area contributed by atoms with E-state index in [1.165, 1.54) is 6.07 Å². The quantitative estimate of drug-likeness (QED) is 0.590. The number of phenolic OH excluding ortho intramolecular Hbond substituents is 1. The zero-order valence-electron chi connectivity index (χ0n) is 10.6. The molecule has 1 aromatic carbocycles. The Labute approximate surface area is 107 Å². The molecule has 0 fully saturated rings. The number of hydrogen-bond donors (Lipinski definition) is 2. The van der Waals surface area contributed by atoms with E-state index in [1.54, 1.807) is 19.1 Å². The van der Waals surface area contributed by atoms with Crippen LogP contribution in [-0.2, 0) is 20.2 Å². The Kier molecular flexibility index (Phi) is 5.82. The van der Waals surface area contributed by atoms with Gasteiger partial charge in [-0.05, 0) is 30.5 Å². The Balaban J connectivity index is 2.48. The van der Waals surface area contributed by atoms with Crippen molar-refractivity contribution in [3.05, 3.63) is 29.3 Å². The van der Waals surface area contributed by atoms with Gasteiger partial charge < -0.3 is 10.00 Å². The maximum atomic E-state index is 11.5. The van der Waals surface area contributed by atoms with E-state index in [1.807, 2.05) is 6.92 Å². The lowest BCUT2D eigenvalue weighted by Crippen LogP contribution is -1.97. The number of phosphoric ester groups is 1. The fourth-order valence-corrected chi connectivity index (χ4v) is 2.07. The molecule has 0 saturated heterocycles. The van der Waals surface area contributed by atoms with Crippen molar-refractivity contribution in [1.82, 2.24) is 0 Å². The smallest absolute Gasteiger partial charge is 0.472 e. The lowest BCUT2D eigenvalue weighted by Gasteiger charge is -2.12. The summed E-state index contributed by atoms with van der Waals surface area (Å²) in [6.07, 6.45) is 1.60. The van der Waals surface area contributed by atoms with Gasteiger partial charge in [0.25, 0.3) is 0 Å². The zero-order chi connectivity index (χ0) is 13.6. The third-order valence-electron chi connectivity index (χ3n) is 2.41. The minimum Gasteiger partial charge on any atom is -0.508 e. The van der Waals surface area contributed by atoms with Gasteiger partial charge in [-0.25, -0.2) is 4.57 Å². The molecule has 0 bridgehead atoms. The first-order chi connectivity index (χ1) is 8.44. The number of unbranched alkanes of at least 4 members (excludes halogenated alkanes) is 1. The van der Waals surface area contributed by atoms with E-state index >= 15 is 0 Å². The number of benzene rings is 1. The molecule has 0 heterocycles. The zero-order valence-corrected chi connectivity index (χ0v) is 11.5. The molecular formula is C12H19O5P. The molecule has 1 atom stereocenters. The van der Waals surface area contributed by atoms with Gasteiger partial charge in [0.1, 0.15) is 5.75 Å². The standard InChI is InChI=1S/C12H19O5P/c1-3-4-7-16-18(14,15)17-9-11-5-6-12(13)10(2)8-11/h5-6,8,13H,3-4,7,9H2,1-2H3,(H,14,15). The molecule has 102 valence electrons. The third-order valence-corrected chi connectivity index (χ3v) is 3.37. The van der Waals surface area contributed by atoms with Gasteiger partial charge in [-0.2, -0.15) is 0 Å². The fraction of sp³-hybridized carbons (Fsp3) is 0.500. The molecule has 5 nitrogen and oxygen atoms in total. The van der Waals surface area contributed by atoms with Crippen molar-refractivity contribution >= 4 is 7.82 Å². The van der Waals surface area contributed by atoms with Gasteiger partial charge in [-0.3, -0.25) is 9.05 Å². The van der Waals surface area contributed by atoms with E-state index in [-0.39, 0.29) is 19.0 Å². The second-order valence-corrected chi connectivity index (χ2v) is 5.50. The van der Waals surface area contributed by atoms with Crippen molar-refractivity contribution in [3.8, 4) is 5.75 Å². The van der Waals surface area contributed by atoms with Crippen molar-refractivity contribution in [2.75, 3.05) is 6.61 Å². The molecular weight excluding hydrogens is 255 g/mol. The highest BCUT2D eigenvalue weighted by Crippen LogP contribution is 2.44. The molecule has 6 heteroatoms. The minimum atomic E-state index is -3.98. The molecule has 2 N–H and O–H groups in total. The van der Waals surface area contributed by atoms with Crippen molar-refractivity contribution in [2.45, 2.75) is 33.3 Å². The van der Waals surface area contributed by atoms with Crippen LogP contribution in [0.25, 0.3) is 0 Å². The Hall–Kier alpha value is -0.870. The molecule has 0 aliphatic rings. The summed E-state index contributed by atoms with van der Waals surface area (Å²) in [4.78, 5) is 9.39. The Morgan fingerprint density at radius 3 is 2.67 bits per heavy atom. The van der Waals surface area contributed by atoms with Gasteiger partial charge >= 0.3 is 7.82 Å². The van der Waals surface area contributed by atoms with Crippen LogP contribution in [0.15, 0.2) is 18.2 Å². The first kappa shape index (κ1) is 15.2. The second kappa shape index (κ2) is 6.90. The molecule has 1 unspecified atom stereocenters. The first-order valence-corrected chi connectivity index (χ1v) is 7.34. The summed E-state index contributed by atoms with van der Waals surface area (Å²) in [6.45, 7) is 3.89. The summed E-state index contributed by atoms with van der Waals surface area (Å²) >= 11 is 0. The monoisotopic (exact) mass is 274 g/mol. The average molecular weight is 274 g/mol. The molecule has 1 aromatic rings. The second-order valence-electron chi connectivity index (χ2n) is 4.05. The maximum absolute atomic E-state index is 11.5. The summed E-state index contributed by atoms with van der Waals surface area (Å²) in [5.41, 5.74) is 1.40. The summed E-state index contributed by atoms with van der Waals surface area (Å²) in [7, 11) is -3.98. The largest absolute Gasteiger partial charge is 0.508 e. The third kappa shape index (κ3) is 5.19. The Morgan fingerprint density at radius 2 is 2.06 bits per heavy atom. The summed E-state index contributed by atoms with van der Waals surface area (Å²) in [6, 6.07) is 4.85. The van der Waals surface area contributed by atoms with Crippen LogP contribution >= 0.6 is 7.82 Å². The van der Waals surface area contributed by atoms with Gasteiger partial charge in [0.15, 0.2) is 0 Å². The van der Waals surface area contributed by atoms with Crippen molar-refractivity contribution in [1.29, 1.82) is 0 Å². The molecule has 0 aliphatic carbocycles. The van der Waals surface area contributed by atoms with E-state index < -0.39 is 7.82 Å². The van der Waals surface area contributed by atoms with Gasteiger partial charge in [0, 0.05) is 0 Å². The van der Waals surface area contributed by atoms with Gasteiger partial charge in [0.2, 0.25) is 0 Å². The number of phenols is 1. The van der Waals surface area contributed by atoms with Crippen LogP contribution in [0.2, 0.25) is 0 Å². The summed E-state index contributed by atoms with van der Waals surface area (Å²) in [5, 5.41) is 9.35. The van der Waals surface area contributed by atoms with Crippen molar-refractivity contribution in [2.24, 2.45) is 0 Å². The predicted molar refractivity (Wildman–Crippen MR) is 68.3 cm³/mol. The van der Waals surface area contributed by atoms with Crippen LogP contribution in [0.5, 0.6) is 5.75 Å². The molecule has 0 radical (unpaired) electrons. The highest BCUT2D eigenvalue weighted by molar-refractivity contribution is 7.47. The molecule has 0 aliphatic heterocycles. The molecule has 0 amide bonds. The van der Waals surface area contributed by atoms with E-state index in [0.29, 0.717) is 17.5 Å². The topological polar surface area (TPSA) is 76.0 Å². The lowest BCUT2D eigenvalue weighted by molar-refractivity contribution is 0.142. The average Bonchev–Trinajstić information content (AvgIpc) is 2.31. The Bertz CT molecular complexity index is 432.